The Kier molecular flexibility index (Phi) is 5.36. The van der Waals surface area contributed by atoms with Crippen molar-refractivity contribution in [1.29, 1.82) is 0 Å². The molecule has 1 unspecified atom stereocenters. The molecule has 0 aliphatic heterocycles. The number of carbonyl (C=O) groups is 1. The lowest BCUT2D eigenvalue weighted by atomic mass is 9.88. The number of amides is 1. The van der Waals surface area contributed by atoms with Gasteiger partial charge in [0.1, 0.15) is 5.75 Å². The fourth-order valence-corrected chi connectivity index (χ4v) is 1.46. The monoisotopic (exact) mass is 264 g/mol. The van der Waals surface area contributed by atoms with E-state index in [4.69, 9.17) is 4.74 Å². The van der Waals surface area contributed by atoms with Gasteiger partial charge in [-0.05, 0) is 24.5 Å². The van der Waals surface area contributed by atoms with Crippen LogP contribution < -0.4 is 15.4 Å². The van der Waals surface area contributed by atoms with Crippen LogP contribution in [0, 0.1) is 5.41 Å². The second kappa shape index (κ2) is 6.57. The fraction of sp³-hybridized carbons (Fsp3) is 0.533. The number of benzene rings is 1. The van der Waals surface area contributed by atoms with Crippen molar-refractivity contribution in [3.63, 3.8) is 0 Å². The summed E-state index contributed by atoms with van der Waals surface area (Å²) in [6.07, 6.45) is 0. The molecule has 1 amide bonds. The molecule has 2 N–H and O–H groups in total. The first kappa shape index (κ1) is 15.5. The molecule has 106 valence electrons. The van der Waals surface area contributed by atoms with Crippen LogP contribution in [0.25, 0.3) is 0 Å². The van der Waals surface area contributed by atoms with Crippen molar-refractivity contribution in [2.45, 2.75) is 33.7 Å². The van der Waals surface area contributed by atoms with Crippen LogP contribution in [0.1, 0.15) is 27.7 Å². The number of hydrogen-bond acceptors (Lipinski definition) is 3. The molecule has 0 aromatic heterocycles. The van der Waals surface area contributed by atoms with Crippen LogP contribution in [-0.4, -0.2) is 25.6 Å². The number of anilines is 1. The molecule has 1 aromatic carbocycles. The van der Waals surface area contributed by atoms with Gasteiger partial charge in [-0.25, -0.2) is 0 Å². The highest BCUT2D eigenvalue weighted by Crippen LogP contribution is 2.18. The highest BCUT2D eigenvalue weighted by molar-refractivity contribution is 5.92. The number of ether oxygens (including phenoxy) is 1. The standard InChI is InChI=1S/C15H24N2O2/c1-11(15(2,3)4)16-10-14(18)17-12-7-6-8-13(9-12)19-5/h6-9,11,16H,10H2,1-5H3,(H,17,18). The Bertz CT molecular complexity index is 424. The number of nitrogens with one attached hydrogen (secondary N) is 2. The van der Waals surface area contributed by atoms with Gasteiger partial charge in [0.2, 0.25) is 5.91 Å². The van der Waals surface area contributed by atoms with Gasteiger partial charge in [0, 0.05) is 17.8 Å². The third-order valence-electron chi connectivity index (χ3n) is 3.22. The van der Waals surface area contributed by atoms with Gasteiger partial charge in [0.05, 0.1) is 13.7 Å². The Morgan fingerprint density at radius 2 is 2.05 bits per heavy atom. The van der Waals surface area contributed by atoms with E-state index >= 15 is 0 Å². The van der Waals surface area contributed by atoms with E-state index in [1.807, 2.05) is 18.2 Å². The zero-order valence-electron chi connectivity index (χ0n) is 12.4. The molecule has 0 saturated carbocycles. The molecule has 1 atom stereocenters. The highest BCUT2D eigenvalue weighted by Gasteiger charge is 2.19. The van der Waals surface area contributed by atoms with Crippen LogP contribution in [0.4, 0.5) is 5.69 Å². The molecule has 1 rings (SSSR count). The zero-order valence-corrected chi connectivity index (χ0v) is 12.4. The summed E-state index contributed by atoms with van der Waals surface area (Å²) in [6, 6.07) is 7.59. The summed E-state index contributed by atoms with van der Waals surface area (Å²) in [6.45, 7) is 8.81. The number of hydrogen-bond donors (Lipinski definition) is 2. The maximum atomic E-state index is 11.8. The van der Waals surface area contributed by atoms with Crippen LogP contribution >= 0.6 is 0 Å². The van der Waals surface area contributed by atoms with Gasteiger partial charge in [-0.3, -0.25) is 4.79 Å². The van der Waals surface area contributed by atoms with Crippen LogP contribution in [0.2, 0.25) is 0 Å². The minimum atomic E-state index is -0.0515. The first-order valence-corrected chi connectivity index (χ1v) is 6.50. The van der Waals surface area contributed by atoms with Crippen molar-refractivity contribution in [1.82, 2.24) is 5.32 Å². The summed E-state index contributed by atoms with van der Waals surface area (Å²) in [5.41, 5.74) is 0.880. The predicted octanol–water partition coefficient (Wildman–Crippen LogP) is 2.66. The van der Waals surface area contributed by atoms with Crippen molar-refractivity contribution in [3.8, 4) is 5.75 Å². The van der Waals surface area contributed by atoms with Crippen molar-refractivity contribution >= 4 is 11.6 Å². The topological polar surface area (TPSA) is 50.4 Å². The Labute approximate surface area is 115 Å². The quantitative estimate of drug-likeness (QED) is 0.859. The molecule has 19 heavy (non-hydrogen) atoms. The smallest absolute Gasteiger partial charge is 0.238 e. The molecular weight excluding hydrogens is 240 g/mol. The molecule has 0 heterocycles. The van der Waals surface area contributed by atoms with Crippen LogP contribution in [-0.2, 0) is 4.79 Å². The first-order chi connectivity index (χ1) is 8.82. The molecule has 0 aliphatic rings. The van der Waals surface area contributed by atoms with Gasteiger partial charge >= 0.3 is 0 Å². The Morgan fingerprint density at radius 3 is 2.63 bits per heavy atom. The number of methoxy groups -OCH3 is 1. The Hall–Kier alpha value is -1.55. The lowest BCUT2D eigenvalue weighted by Crippen LogP contribution is -2.41. The van der Waals surface area contributed by atoms with Crippen molar-refractivity contribution in [2.75, 3.05) is 19.0 Å². The minimum absolute atomic E-state index is 0.0515. The van der Waals surface area contributed by atoms with E-state index < -0.39 is 0 Å². The van der Waals surface area contributed by atoms with Gasteiger partial charge in [0.15, 0.2) is 0 Å². The summed E-state index contributed by atoms with van der Waals surface area (Å²) < 4.78 is 5.11. The van der Waals surface area contributed by atoms with Gasteiger partial charge in [-0.1, -0.05) is 26.8 Å². The van der Waals surface area contributed by atoms with Crippen molar-refractivity contribution in [3.05, 3.63) is 24.3 Å². The van der Waals surface area contributed by atoms with Gasteiger partial charge in [0.25, 0.3) is 0 Å². The summed E-state index contributed by atoms with van der Waals surface area (Å²) in [7, 11) is 1.60. The van der Waals surface area contributed by atoms with Gasteiger partial charge in [-0.2, -0.15) is 0 Å². The molecule has 4 heteroatoms. The molecule has 0 bridgehead atoms. The molecule has 0 saturated heterocycles. The molecule has 0 aliphatic carbocycles. The summed E-state index contributed by atoms with van der Waals surface area (Å²) in [5.74, 6) is 0.679. The average Bonchev–Trinajstić information content (AvgIpc) is 2.35. The average molecular weight is 264 g/mol. The summed E-state index contributed by atoms with van der Waals surface area (Å²) in [5, 5.41) is 6.07. The minimum Gasteiger partial charge on any atom is -0.497 e. The van der Waals surface area contributed by atoms with E-state index in [0.717, 1.165) is 11.4 Å². The molecule has 0 radical (unpaired) electrons. The molecular formula is C15H24N2O2. The molecule has 4 nitrogen and oxygen atoms in total. The first-order valence-electron chi connectivity index (χ1n) is 6.50. The second-order valence-electron chi connectivity index (χ2n) is 5.75. The molecule has 0 fully saturated rings. The maximum Gasteiger partial charge on any atom is 0.238 e. The number of carbonyl (C=O) groups excluding carboxylic acids is 1. The Balaban J connectivity index is 2.47. The summed E-state index contributed by atoms with van der Waals surface area (Å²) >= 11 is 0. The highest BCUT2D eigenvalue weighted by atomic mass is 16.5. The number of rotatable bonds is 5. The van der Waals surface area contributed by atoms with Crippen molar-refractivity contribution < 1.29 is 9.53 Å². The van der Waals surface area contributed by atoms with E-state index in [0.29, 0.717) is 6.54 Å². The van der Waals surface area contributed by atoms with Crippen LogP contribution in [0.5, 0.6) is 5.75 Å². The predicted molar refractivity (Wildman–Crippen MR) is 78.5 cm³/mol. The van der Waals surface area contributed by atoms with E-state index in [1.165, 1.54) is 0 Å². The molecule has 1 aromatic rings. The third-order valence-corrected chi connectivity index (χ3v) is 3.22. The normalized spacial score (nSPS) is 12.9. The van der Waals surface area contributed by atoms with Gasteiger partial charge in [-0.15, -0.1) is 0 Å². The Morgan fingerprint density at radius 1 is 1.37 bits per heavy atom. The van der Waals surface area contributed by atoms with Crippen LogP contribution in [0.15, 0.2) is 24.3 Å². The van der Waals surface area contributed by atoms with Crippen LogP contribution in [0.3, 0.4) is 0 Å². The van der Waals surface area contributed by atoms with E-state index in [-0.39, 0.29) is 17.4 Å². The van der Waals surface area contributed by atoms with E-state index in [1.54, 1.807) is 13.2 Å². The maximum absolute atomic E-state index is 11.8. The largest absolute Gasteiger partial charge is 0.497 e. The fourth-order valence-electron chi connectivity index (χ4n) is 1.46. The SMILES string of the molecule is COc1cccc(NC(=O)CNC(C)C(C)(C)C)c1. The lowest BCUT2D eigenvalue weighted by molar-refractivity contribution is -0.115. The summed E-state index contributed by atoms with van der Waals surface area (Å²) in [4.78, 5) is 11.8. The zero-order chi connectivity index (χ0) is 14.5. The lowest BCUT2D eigenvalue weighted by Gasteiger charge is -2.27. The van der Waals surface area contributed by atoms with Gasteiger partial charge < -0.3 is 15.4 Å². The van der Waals surface area contributed by atoms with E-state index in [9.17, 15) is 4.79 Å². The van der Waals surface area contributed by atoms with E-state index in [2.05, 4.69) is 38.3 Å². The second-order valence-corrected chi connectivity index (χ2v) is 5.75. The third kappa shape index (κ3) is 5.30. The van der Waals surface area contributed by atoms with Crippen molar-refractivity contribution in [2.24, 2.45) is 5.41 Å². The molecule has 0 spiro atoms.